The standard InChI is InChI=1S/C31H32O8.C2H6/c1-5-20-35-27-16-11-24(12-17-27)30(33)38-23(4)10-15-26(6-2)39-31(34)25-13-18-28(19-14-25)36-21-8-9-22-37-29(32)7-3;1-2/h5-7,10-19H,1-3,8-9,20-22H2,4H3;1-2H3/b23-10+,26-15+;. The molecule has 0 bridgehead atoms. The molecule has 2 aromatic rings. The minimum absolute atomic E-state index is 0.177. The zero-order valence-electron chi connectivity index (χ0n) is 23.9. The van der Waals surface area contributed by atoms with Gasteiger partial charge in [-0.15, -0.1) is 0 Å². The number of hydrogen-bond donors (Lipinski definition) is 0. The van der Waals surface area contributed by atoms with Crippen LogP contribution in [0.5, 0.6) is 11.5 Å². The quantitative estimate of drug-likeness (QED) is 0.0405. The third-order valence-corrected chi connectivity index (χ3v) is 4.91. The number of rotatable bonds is 16. The van der Waals surface area contributed by atoms with Gasteiger partial charge >= 0.3 is 17.9 Å². The third kappa shape index (κ3) is 13.7. The molecule has 0 aromatic heterocycles. The molecule has 0 atom stereocenters. The first-order chi connectivity index (χ1) is 19.9. The van der Waals surface area contributed by atoms with Crippen molar-refractivity contribution < 1.29 is 38.1 Å². The minimum Gasteiger partial charge on any atom is -0.494 e. The van der Waals surface area contributed by atoms with Crippen molar-refractivity contribution >= 4 is 17.9 Å². The van der Waals surface area contributed by atoms with Crippen LogP contribution in [0, 0.1) is 0 Å². The predicted molar refractivity (Wildman–Crippen MR) is 159 cm³/mol. The maximum atomic E-state index is 12.5. The summed E-state index contributed by atoms with van der Waals surface area (Å²) in [5, 5.41) is 0. The fourth-order valence-electron chi connectivity index (χ4n) is 2.90. The SMILES string of the molecule is C=CCOc1ccc(C(=O)O/C(C)=C/C=C(\C=C)OC(=O)c2ccc(OCCCCOC(=O)C=C)cc2)cc1.CC. The Labute approximate surface area is 242 Å². The zero-order chi connectivity index (χ0) is 30.5. The smallest absolute Gasteiger partial charge is 0.343 e. The summed E-state index contributed by atoms with van der Waals surface area (Å²) in [6.07, 6.45) is 8.45. The average molecular weight is 563 g/mol. The zero-order valence-corrected chi connectivity index (χ0v) is 23.9. The van der Waals surface area contributed by atoms with Gasteiger partial charge in [-0.05, 0) is 86.5 Å². The number of allylic oxidation sites excluding steroid dienone is 4. The van der Waals surface area contributed by atoms with Crippen LogP contribution in [0.25, 0.3) is 0 Å². The number of unbranched alkanes of at least 4 members (excludes halogenated alkanes) is 1. The van der Waals surface area contributed by atoms with Crippen molar-refractivity contribution in [2.24, 2.45) is 0 Å². The number of benzene rings is 2. The van der Waals surface area contributed by atoms with Gasteiger partial charge in [-0.3, -0.25) is 0 Å². The summed E-state index contributed by atoms with van der Waals surface area (Å²) in [7, 11) is 0. The topological polar surface area (TPSA) is 97.4 Å². The van der Waals surface area contributed by atoms with E-state index in [4.69, 9.17) is 23.7 Å². The number of hydrogen-bond acceptors (Lipinski definition) is 8. The summed E-state index contributed by atoms with van der Waals surface area (Å²) < 4.78 is 26.6. The van der Waals surface area contributed by atoms with E-state index < -0.39 is 17.9 Å². The molecule has 0 amide bonds. The molecule has 0 N–H and O–H groups in total. The lowest BCUT2D eigenvalue weighted by Gasteiger charge is -2.08. The van der Waals surface area contributed by atoms with Gasteiger partial charge in [0.2, 0.25) is 0 Å². The van der Waals surface area contributed by atoms with E-state index in [1.54, 1.807) is 61.5 Å². The number of esters is 3. The highest BCUT2D eigenvalue weighted by Crippen LogP contribution is 2.16. The molecule has 8 nitrogen and oxygen atoms in total. The Bertz CT molecular complexity index is 1200. The van der Waals surface area contributed by atoms with Gasteiger partial charge in [-0.1, -0.05) is 39.7 Å². The molecule has 8 heteroatoms. The van der Waals surface area contributed by atoms with E-state index in [0.29, 0.717) is 61.0 Å². The van der Waals surface area contributed by atoms with Gasteiger partial charge < -0.3 is 23.7 Å². The highest BCUT2D eigenvalue weighted by Gasteiger charge is 2.10. The maximum Gasteiger partial charge on any atom is 0.343 e. The summed E-state index contributed by atoms with van der Waals surface area (Å²) in [6, 6.07) is 13.0. The first-order valence-electron chi connectivity index (χ1n) is 13.2. The molecular formula is C33H38O8. The van der Waals surface area contributed by atoms with Gasteiger partial charge in [-0.25, -0.2) is 14.4 Å². The molecule has 0 unspecified atom stereocenters. The van der Waals surface area contributed by atoms with Crippen LogP contribution in [0.2, 0.25) is 0 Å². The lowest BCUT2D eigenvalue weighted by Crippen LogP contribution is -2.06. The molecule has 0 saturated carbocycles. The van der Waals surface area contributed by atoms with Crippen LogP contribution in [0.1, 0.15) is 54.3 Å². The van der Waals surface area contributed by atoms with Gasteiger partial charge in [-0.2, -0.15) is 0 Å². The molecular weight excluding hydrogens is 524 g/mol. The Morgan fingerprint density at radius 2 is 1.24 bits per heavy atom. The van der Waals surface area contributed by atoms with Gasteiger partial charge in [0.25, 0.3) is 0 Å². The maximum absolute atomic E-state index is 12.5. The Kier molecular flexibility index (Phi) is 16.8. The molecule has 0 spiro atoms. The van der Waals surface area contributed by atoms with E-state index in [-0.39, 0.29) is 5.76 Å². The molecule has 2 rings (SSSR count). The van der Waals surface area contributed by atoms with Crippen molar-refractivity contribution in [3.8, 4) is 11.5 Å². The summed E-state index contributed by atoms with van der Waals surface area (Å²) in [5.74, 6) is 0.104. The normalized spacial score (nSPS) is 10.7. The fraction of sp³-hybridized carbons (Fsp3) is 0.242. The van der Waals surface area contributed by atoms with Crippen molar-refractivity contribution in [3.63, 3.8) is 0 Å². The van der Waals surface area contributed by atoms with E-state index >= 15 is 0 Å². The van der Waals surface area contributed by atoms with Crippen molar-refractivity contribution in [1.82, 2.24) is 0 Å². The highest BCUT2D eigenvalue weighted by molar-refractivity contribution is 5.91. The van der Waals surface area contributed by atoms with Crippen molar-refractivity contribution in [1.29, 1.82) is 0 Å². The molecule has 0 aliphatic rings. The Hall–Kier alpha value is -4.85. The molecule has 0 radical (unpaired) electrons. The van der Waals surface area contributed by atoms with E-state index in [9.17, 15) is 14.4 Å². The third-order valence-electron chi connectivity index (χ3n) is 4.91. The average Bonchev–Trinajstić information content (AvgIpc) is 3.01. The largest absolute Gasteiger partial charge is 0.494 e. The summed E-state index contributed by atoms with van der Waals surface area (Å²) in [5.41, 5.74) is 0.675. The van der Waals surface area contributed by atoms with Gasteiger partial charge in [0.15, 0.2) is 0 Å². The van der Waals surface area contributed by atoms with Crippen LogP contribution in [0.3, 0.4) is 0 Å². The second-order valence-corrected chi connectivity index (χ2v) is 7.91. The van der Waals surface area contributed by atoms with Crippen LogP contribution in [0.15, 0.2) is 110 Å². The Morgan fingerprint density at radius 1 is 0.707 bits per heavy atom. The molecule has 0 fully saturated rings. The first-order valence-corrected chi connectivity index (χ1v) is 13.2. The lowest BCUT2D eigenvalue weighted by molar-refractivity contribution is -0.137. The predicted octanol–water partition coefficient (Wildman–Crippen LogP) is 7.15. The molecule has 0 aliphatic heterocycles. The van der Waals surface area contributed by atoms with Gasteiger partial charge in [0.05, 0.1) is 24.3 Å². The molecule has 2 aromatic carbocycles. The van der Waals surface area contributed by atoms with E-state index in [2.05, 4.69) is 19.7 Å². The van der Waals surface area contributed by atoms with Crippen LogP contribution in [-0.2, 0) is 19.0 Å². The fourth-order valence-corrected chi connectivity index (χ4v) is 2.90. The van der Waals surface area contributed by atoms with Crippen LogP contribution in [0.4, 0.5) is 0 Å². The van der Waals surface area contributed by atoms with Gasteiger partial charge in [0.1, 0.15) is 29.6 Å². The van der Waals surface area contributed by atoms with Crippen LogP contribution < -0.4 is 9.47 Å². The minimum atomic E-state index is -0.585. The summed E-state index contributed by atoms with van der Waals surface area (Å²) >= 11 is 0. The Morgan fingerprint density at radius 3 is 1.78 bits per heavy atom. The molecule has 0 heterocycles. The summed E-state index contributed by atoms with van der Waals surface area (Å²) in [6.45, 7) is 17.3. The van der Waals surface area contributed by atoms with E-state index in [1.165, 1.54) is 18.2 Å². The van der Waals surface area contributed by atoms with Crippen LogP contribution in [-0.4, -0.2) is 37.7 Å². The lowest BCUT2D eigenvalue weighted by atomic mass is 10.2. The second-order valence-electron chi connectivity index (χ2n) is 7.91. The first kappa shape index (κ1) is 34.2. The molecule has 218 valence electrons. The molecule has 41 heavy (non-hydrogen) atoms. The number of ether oxygens (including phenoxy) is 5. The van der Waals surface area contributed by atoms with Crippen LogP contribution >= 0.6 is 0 Å². The van der Waals surface area contributed by atoms with Gasteiger partial charge in [0, 0.05) is 6.08 Å². The van der Waals surface area contributed by atoms with Crippen molar-refractivity contribution in [3.05, 3.63) is 121 Å². The second kappa shape index (κ2) is 20.1. The van der Waals surface area contributed by atoms with E-state index in [1.807, 2.05) is 13.8 Å². The number of carbonyl (C=O) groups excluding carboxylic acids is 3. The number of carbonyl (C=O) groups is 3. The highest BCUT2D eigenvalue weighted by atomic mass is 16.5. The van der Waals surface area contributed by atoms with E-state index in [0.717, 1.165) is 6.08 Å². The monoisotopic (exact) mass is 562 g/mol. The summed E-state index contributed by atoms with van der Waals surface area (Å²) in [4.78, 5) is 35.9. The van der Waals surface area contributed by atoms with Crippen molar-refractivity contribution in [2.45, 2.75) is 33.6 Å². The molecule has 0 saturated heterocycles. The molecule has 0 aliphatic carbocycles. The van der Waals surface area contributed by atoms with Crippen molar-refractivity contribution in [2.75, 3.05) is 19.8 Å². The Balaban J connectivity index is 0.00000411.